The van der Waals surface area contributed by atoms with Crippen LogP contribution in [0.25, 0.3) is 35.4 Å². The van der Waals surface area contributed by atoms with Gasteiger partial charge in [0, 0.05) is 11.1 Å². The summed E-state index contributed by atoms with van der Waals surface area (Å²) >= 11 is 0. The number of rotatable bonds is 1. The van der Waals surface area contributed by atoms with Crippen LogP contribution in [0.4, 0.5) is 0 Å². The minimum Gasteiger partial charge on any atom is -0.507 e. The second-order valence-corrected chi connectivity index (χ2v) is 7.08. The van der Waals surface area contributed by atoms with Gasteiger partial charge in [0.2, 0.25) is 0 Å². The van der Waals surface area contributed by atoms with Crippen LogP contribution < -0.4 is 0 Å². The summed E-state index contributed by atoms with van der Waals surface area (Å²) in [6.45, 7) is 4.25. The molecule has 0 aromatic heterocycles. The molecule has 0 amide bonds. The Morgan fingerprint density at radius 2 is 0.962 bits per heavy atom. The van der Waals surface area contributed by atoms with E-state index in [1.807, 2.05) is 24.3 Å². The van der Waals surface area contributed by atoms with E-state index in [1.165, 1.54) is 0 Å². The maximum Gasteiger partial charge on any atom is 0.124 e. The fourth-order valence-electron chi connectivity index (χ4n) is 3.56. The number of phenolic OH excluding ortho intramolecular Hbond substituents is 2. The second-order valence-electron chi connectivity index (χ2n) is 7.08. The Labute approximate surface area is 154 Å². The Morgan fingerprint density at radius 1 is 0.577 bits per heavy atom. The van der Waals surface area contributed by atoms with Gasteiger partial charge in [-0.3, -0.25) is 0 Å². The molecule has 0 bridgehead atoms. The lowest BCUT2D eigenvalue weighted by molar-refractivity contribution is 0.469. The van der Waals surface area contributed by atoms with Crippen LogP contribution in [-0.2, 0) is 0 Å². The molecule has 0 spiro atoms. The highest BCUT2D eigenvalue weighted by Gasteiger charge is 2.21. The molecule has 0 saturated carbocycles. The number of hydrogen-bond donors (Lipinski definition) is 2. The third kappa shape index (κ3) is 2.78. The molecular weight excluding hydrogens is 320 g/mol. The molecule has 4 rings (SSSR count). The summed E-state index contributed by atoms with van der Waals surface area (Å²) in [7, 11) is 0. The number of hydrogen-bond acceptors (Lipinski definition) is 2. The van der Waals surface area contributed by atoms with E-state index in [1.54, 1.807) is 12.1 Å². The van der Waals surface area contributed by atoms with Gasteiger partial charge in [-0.1, -0.05) is 74.6 Å². The molecule has 2 heteroatoms. The molecule has 26 heavy (non-hydrogen) atoms. The summed E-state index contributed by atoms with van der Waals surface area (Å²) < 4.78 is 0. The zero-order valence-electron chi connectivity index (χ0n) is 15.0. The lowest BCUT2D eigenvalue weighted by Gasteiger charge is -2.17. The molecule has 2 N–H and O–H groups in total. The van der Waals surface area contributed by atoms with E-state index in [2.05, 4.69) is 50.3 Å². The van der Waals surface area contributed by atoms with Gasteiger partial charge in [-0.15, -0.1) is 0 Å². The third-order valence-corrected chi connectivity index (χ3v) is 5.06. The van der Waals surface area contributed by atoms with Gasteiger partial charge in [0.25, 0.3) is 0 Å². The van der Waals surface area contributed by atoms with Crippen LogP contribution in [0.15, 0.2) is 48.6 Å². The Morgan fingerprint density at radius 3 is 1.38 bits per heavy atom. The average molecular weight is 342 g/mol. The van der Waals surface area contributed by atoms with Crippen molar-refractivity contribution in [1.82, 2.24) is 0 Å². The van der Waals surface area contributed by atoms with Gasteiger partial charge < -0.3 is 10.2 Å². The molecule has 2 aromatic rings. The van der Waals surface area contributed by atoms with Crippen molar-refractivity contribution in [2.24, 2.45) is 11.8 Å². The predicted octanol–water partition coefficient (Wildman–Crippen LogP) is 6.12. The van der Waals surface area contributed by atoms with E-state index in [-0.39, 0.29) is 11.5 Å². The summed E-state index contributed by atoms with van der Waals surface area (Å²) in [4.78, 5) is 0. The zero-order chi connectivity index (χ0) is 18.3. The lowest BCUT2D eigenvalue weighted by Crippen LogP contribution is -1.94. The summed E-state index contributed by atoms with van der Waals surface area (Å²) in [5.74, 6) is 0.995. The summed E-state index contributed by atoms with van der Waals surface area (Å²) in [5.41, 5.74) is 5.31. The topological polar surface area (TPSA) is 40.5 Å². The van der Waals surface area contributed by atoms with E-state index in [0.717, 1.165) is 22.3 Å². The predicted molar refractivity (Wildman–Crippen MR) is 110 cm³/mol. The number of allylic oxidation sites excluding steroid dienone is 4. The van der Waals surface area contributed by atoms with Crippen molar-refractivity contribution >= 4 is 24.3 Å². The molecule has 2 aliphatic rings. The molecular formula is C24H22O2. The Kier molecular flexibility index (Phi) is 4.04. The van der Waals surface area contributed by atoms with Gasteiger partial charge in [0.15, 0.2) is 0 Å². The first-order valence-corrected chi connectivity index (χ1v) is 8.99. The number of fused-ring (bicyclic) bond motifs is 2. The second kappa shape index (κ2) is 6.38. The van der Waals surface area contributed by atoms with Crippen LogP contribution >= 0.6 is 0 Å². The highest BCUT2D eigenvalue weighted by molar-refractivity contribution is 5.94. The summed E-state index contributed by atoms with van der Waals surface area (Å²) in [6, 6.07) is 7.26. The maximum absolute atomic E-state index is 10.7. The molecule has 0 radical (unpaired) electrons. The molecule has 0 aliphatic heterocycles. The first-order chi connectivity index (χ1) is 12.5. The smallest absolute Gasteiger partial charge is 0.124 e. The Bertz CT molecular complexity index is 908. The molecule has 0 saturated heterocycles. The summed E-state index contributed by atoms with van der Waals surface area (Å²) in [6.07, 6.45) is 16.8. The van der Waals surface area contributed by atoms with Crippen molar-refractivity contribution in [3.63, 3.8) is 0 Å². The normalized spacial score (nSPS) is 20.4. The molecule has 2 nitrogen and oxygen atoms in total. The number of benzene rings is 2. The van der Waals surface area contributed by atoms with Crippen molar-refractivity contribution in [3.8, 4) is 22.6 Å². The van der Waals surface area contributed by atoms with Gasteiger partial charge >= 0.3 is 0 Å². The zero-order valence-corrected chi connectivity index (χ0v) is 15.0. The molecule has 130 valence electrons. The van der Waals surface area contributed by atoms with Crippen molar-refractivity contribution in [1.29, 1.82) is 0 Å². The minimum absolute atomic E-state index is 0.176. The third-order valence-electron chi connectivity index (χ3n) is 5.06. The minimum atomic E-state index is 0.176. The Balaban J connectivity index is 2.05. The van der Waals surface area contributed by atoms with Crippen LogP contribution in [0.2, 0.25) is 0 Å². The highest BCUT2D eigenvalue weighted by Crippen LogP contribution is 2.45. The molecule has 0 fully saturated rings. The quantitative estimate of drug-likeness (QED) is 0.655. The van der Waals surface area contributed by atoms with Crippen LogP contribution in [0.1, 0.15) is 36.1 Å². The highest BCUT2D eigenvalue weighted by atomic mass is 16.3. The van der Waals surface area contributed by atoms with Gasteiger partial charge in [-0.25, -0.2) is 0 Å². The molecule has 2 aromatic carbocycles. The van der Waals surface area contributed by atoms with Crippen LogP contribution in [0, 0.1) is 11.8 Å². The van der Waals surface area contributed by atoms with Crippen molar-refractivity contribution in [3.05, 3.63) is 70.8 Å². The van der Waals surface area contributed by atoms with Crippen molar-refractivity contribution in [2.45, 2.75) is 13.8 Å². The largest absolute Gasteiger partial charge is 0.507 e. The fourth-order valence-corrected chi connectivity index (χ4v) is 3.56. The van der Waals surface area contributed by atoms with Gasteiger partial charge in [0.1, 0.15) is 11.5 Å². The SMILES string of the molecule is CC1C=Cc2ccc(O)c(-c3c(O)ccc4c3C=CC(C)C=C4)c2C=C1. The van der Waals surface area contributed by atoms with Gasteiger partial charge in [0.05, 0.1) is 0 Å². The van der Waals surface area contributed by atoms with Gasteiger partial charge in [-0.2, -0.15) is 0 Å². The van der Waals surface area contributed by atoms with Crippen LogP contribution in [0.3, 0.4) is 0 Å². The van der Waals surface area contributed by atoms with E-state index in [9.17, 15) is 10.2 Å². The maximum atomic E-state index is 10.7. The van der Waals surface area contributed by atoms with Gasteiger partial charge in [-0.05, 0) is 46.2 Å². The van der Waals surface area contributed by atoms with E-state index >= 15 is 0 Å². The van der Waals surface area contributed by atoms with Crippen LogP contribution in [0.5, 0.6) is 11.5 Å². The fraction of sp³-hybridized carbons (Fsp3) is 0.167. The van der Waals surface area contributed by atoms with Crippen molar-refractivity contribution in [2.75, 3.05) is 0 Å². The Hall–Kier alpha value is -3.00. The molecule has 2 aliphatic carbocycles. The van der Waals surface area contributed by atoms with Crippen LogP contribution in [-0.4, -0.2) is 10.2 Å². The molecule has 2 unspecified atom stereocenters. The molecule has 0 heterocycles. The summed E-state index contributed by atoms with van der Waals surface area (Å²) in [5, 5.41) is 21.4. The molecule has 2 atom stereocenters. The number of aromatic hydroxyl groups is 2. The number of phenols is 2. The van der Waals surface area contributed by atoms with E-state index in [0.29, 0.717) is 23.0 Å². The first-order valence-electron chi connectivity index (χ1n) is 8.99. The van der Waals surface area contributed by atoms with E-state index in [4.69, 9.17) is 0 Å². The van der Waals surface area contributed by atoms with Crippen molar-refractivity contribution < 1.29 is 10.2 Å². The first kappa shape index (κ1) is 16.5. The average Bonchev–Trinajstić information content (AvgIpc) is 2.93. The monoisotopic (exact) mass is 342 g/mol. The lowest BCUT2D eigenvalue weighted by atomic mass is 9.88. The van der Waals surface area contributed by atoms with E-state index < -0.39 is 0 Å². The standard InChI is InChI=1S/C24H22O2/c1-15-3-7-17-9-13-21(25)23(19(17)11-5-15)24-20-12-6-16(2)4-8-18(20)10-14-22(24)26/h3-16,25-26H,1-2H3.